The SMILES string of the molecule is NCC1O[C@@H](O[C@H]2C(CN)O[C@@H](O[C@H]3C(CN)O[C@@H](O[C@H]4C(CN)O[C@@H](O)[C@H](N)C4O)[C@H](N)C3O)[C@H](N)C2O)[C@H](N)C(O)[C@H]1O. The van der Waals surface area contributed by atoms with E-state index in [0.717, 1.165) is 0 Å². The first-order valence-electron chi connectivity index (χ1n) is 14.8. The maximum atomic E-state index is 11.2. The van der Waals surface area contributed by atoms with Crippen LogP contribution in [-0.4, -0.2) is 179 Å². The molecule has 21 nitrogen and oxygen atoms in total. The lowest BCUT2D eigenvalue weighted by Gasteiger charge is -2.50. The Morgan fingerprint density at radius 2 is 0.711 bits per heavy atom. The van der Waals surface area contributed by atoms with Gasteiger partial charge in [0.25, 0.3) is 0 Å². The average molecular weight is 659 g/mol. The Morgan fingerprint density at radius 3 is 1.09 bits per heavy atom. The molecule has 0 spiro atoms. The van der Waals surface area contributed by atoms with Crippen molar-refractivity contribution in [3.63, 3.8) is 0 Å². The molecule has 22 N–H and O–H groups in total. The summed E-state index contributed by atoms with van der Waals surface area (Å²) in [5, 5.41) is 63.3. The lowest BCUT2D eigenvalue weighted by atomic mass is 9.93. The number of hydrogen-bond acceptors (Lipinski definition) is 21. The van der Waals surface area contributed by atoms with Crippen molar-refractivity contribution in [2.24, 2.45) is 45.9 Å². The van der Waals surface area contributed by atoms with Gasteiger partial charge in [-0.25, -0.2) is 0 Å². The van der Waals surface area contributed by atoms with E-state index in [1.54, 1.807) is 0 Å². The van der Waals surface area contributed by atoms with E-state index in [9.17, 15) is 30.6 Å². The molecular formula is C24H50N8O13. The van der Waals surface area contributed by atoms with Crippen LogP contribution in [0.4, 0.5) is 0 Å². The number of hydrogen-bond donors (Lipinski definition) is 14. The number of rotatable bonds is 10. The summed E-state index contributed by atoms with van der Waals surface area (Å²) < 4.78 is 40.5. The number of aliphatic hydroxyl groups excluding tert-OH is 6. The van der Waals surface area contributed by atoms with E-state index in [-0.39, 0.29) is 26.2 Å². The second-order valence-corrected chi connectivity index (χ2v) is 11.7. The van der Waals surface area contributed by atoms with Crippen molar-refractivity contribution in [2.75, 3.05) is 26.2 Å². The van der Waals surface area contributed by atoms with Crippen LogP contribution in [0.3, 0.4) is 0 Å². The summed E-state index contributed by atoms with van der Waals surface area (Å²) in [6, 6.07) is -5.00. The Kier molecular flexibility index (Phi) is 12.8. The Bertz CT molecular complexity index is 930. The van der Waals surface area contributed by atoms with Crippen LogP contribution in [0.1, 0.15) is 0 Å². The Labute approximate surface area is 258 Å². The topological polar surface area (TPSA) is 394 Å². The zero-order chi connectivity index (χ0) is 33.3. The van der Waals surface area contributed by atoms with E-state index >= 15 is 0 Å². The van der Waals surface area contributed by atoms with Gasteiger partial charge in [0.15, 0.2) is 25.2 Å². The van der Waals surface area contributed by atoms with Crippen molar-refractivity contribution < 1.29 is 63.8 Å². The maximum Gasteiger partial charge on any atom is 0.176 e. The molecule has 0 saturated carbocycles. The minimum absolute atomic E-state index is 0.147. The van der Waals surface area contributed by atoms with Gasteiger partial charge in [-0.3, -0.25) is 0 Å². The molecule has 21 heteroatoms. The number of aliphatic hydroxyl groups is 6. The van der Waals surface area contributed by atoms with Crippen LogP contribution in [0.15, 0.2) is 0 Å². The first-order chi connectivity index (χ1) is 21.3. The van der Waals surface area contributed by atoms with Gasteiger partial charge in [-0.05, 0) is 0 Å². The minimum Gasteiger partial charge on any atom is -0.388 e. The molecule has 20 atom stereocenters. The van der Waals surface area contributed by atoms with Gasteiger partial charge in [-0.1, -0.05) is 0 Å². The molecule has 4 aliphatic heterocycles. The quantitative estimate of drug-likeness (QED) is 0.103. The van der Waals surface area contributed by atoms with Gasteiger partial charge in [0.2, 0.25) is 0 Å². The van der Waals surface area contributed by atoms with E-state index in [4.69, 9.17) is 79.0 Å². The summed E-state index contributed by atoms with van der Waals surface area (Å²) in [4.78, 5) is 0. The fourth-order valence-electron chi connectivity index (χ4n) is 5.89. The molecule has 0 radical (unpaired) electrons. The summed E-state index contributed by atoms with van der Waals surface area (Å²) in [5.41, 5.74) is 47.5. The second kappa shape index (κ2) is 15.6. The molecular weight excluding hydrogens is 608 g/mol. The molecule has 45 heavy (non-hydrogen) atoms. The van der Waals surface area contributed by atoms with E-state index in [1.165, 1.54) is 0 Å². The zero-order valence-electron chi connectivity index (χ0n) is 24.5. The Balaban J connectivity index is 1.43. The lowest BCUT2D eigenvalue weighted by Crippen LogP contribution is -2.70. The van der Waals surface area contributed by atoms with Crippen LogP contribution < -0.4 is 45.9 Å². The molecule has 0 amide bonds. The molecule has 8 unspecified atom stereocenters. The summed E-state index contributed by atoms with van der Waals surface area (Å²) in [6.45, 7) is -0.707. The predicted molar refractivity (Wildman–Crippen MR) is 150 cm³/mol. The highest BCUT2D eigenvalue weighted by Gasteiger charge is 2.53. The fourth-order valence-corrected chi connectivity index (χ4v) is 5.89. The molecule has 4 fully saturated rings. The number of ether oxygens (including phenoxy) is 7. The Hall–Kier alpha value is -0.840. The van der Waals surface area contributed by atoms with Gasteiger partial charge in [0.1, 0.15) is 73.2 Å². The first kappa shape index (κ1) is 37.0. The molecule has 0 aromatic heterocycles. The summed E-state index contributed by atoms with van der Waals surface area (Å²) in [5.74, 6) is 0. The highest BCUT2D eigenvalue weighted by molar-refractivity contribution is 5.00. The molecule has 0 aromatic carbocycles. The molecule has 264 valence electrons. The van der Waals surface area contributed by atoms with Gasteiger partial charge >= 0.3 is 0 Å². The third-order valence-corrected chi connectivity index (χ3v) is 8.73. The van der Waals surface area contributed by atoms with Crippen molar-refractivity contribution in [3.8, 4) is 0 Å². The summed E-state index contributed by atoms with van der Waals surface area (Å²) in [6.07, 6.45) is -20.4. The average Bonchev–Trinajstić information content (AvgIpc) is 3.03. The van der Waals surface area contributed by atoms with E-state index in [2.05, 4.69) is 0 Å². The third kappa shape index (κ3) is 7.44. The number of nitrogens with two attached hydrogens (primary N) is 8. The van der Waals surface area contributed by atoms with Crippen LogP contribution in [-0.2, 0) is 33.2 Å². The molecule has 4 saturated heterocycles. The van der Waals surface area contributed by atoms with Gasteiger partial charge in [-0.15, -0.1) is 0 Å². The molecule has 4 aliphatic rings. The molecule has 0 bridgehead atoms. The van der Waals surface area contributed by atoms with E-state index in [0.29, 0.717) is 0 Å². The molecule has 0 aliphatic carbocycles. The van der Waals surface area contributed by atoms with Crippen molar-refractivity contribution in [3.05, 3.63) is 0 Å². The summed E-state index contributed by atoms with van der Waals surface area (Å²) >= 11 is 0. The van der Waals surface area contributed by atoms with Gasteiger partial charge in [0.05, 0.1) is 24.2 Å². The lowest BCUT2D eigenvalue weighted by molar-refractivity contribution is -0.352. The summed E-state index contributed by atoms with van der Waals surface area (Å²) in [7, 11) is 0. The van der Waals surface area contributed by atoms with Crippen LogP contribution >= 0.6 is 0 Å². The highest BCUT2D eigenvalue weighted by atomic mass is 16.7. The molecule has 0 aromatic rings. The van der Waals surface area contributed by atoms with E-state index < -0.39 is 123 Å². The highest BCUT2D eigenvalue weighted by Crippen LogP contribution is 2.32. The van der Waals surface area contributed by atoms with E-state index in [1.807, 2.05) is 0 Å². The van der Waals surface area contributed by atoms with Crippen LogP contribution in [0, 0.1) is 0 Å². The van der Waals surface area contributed by atoms with Crippen molar-refractivity contribution in [1.29, 1.82) is 0 Å². The normalized spacial score (nSPS) is 52.9. The minimum atomic E-state index is -1.50. The van der Waals surface area contributed by atoms with Crippen LogP contribution in [0.25, 0.3) is 0 Å². The van der Waals surface area contributed by atoms with Crippen molar-refractivity contribution >= 4 is 0 Å². The first-order valence-corrected chi connectivity index (χ1v) is 14.8. The predicted octanol–water partition coefficient (Wildman–Crippen LogP) is -10.0. The van der Waals surface area contributed by atoms with Crippen molar-refractivity contribution in [1.82, 2.24) is 0 Å². The standard InChI is InChI=1S/C24H50N8O13/c25-1-5-13(33)14(34)10(30)22(40-5)44-19-7(3-27)42-24(12(32)16(19)36)45-20-8(4-28)41-23(11(31)17(20)37)43-18-6(2-26)39-21(38)9(29)15(18)35/h5-24,33-38H,1-4,25-32H2/t5?,6?,7?,8?,9-,10-,11-,12-,13+,14?,15?,16?,17?,18+,19+,20+,21-,22+,23+,24+/m1/s1. The van der Waals surface area contributed by atoms with Crippen molar-refractivity contribution in [2.45, 2.75) is 123 Å². The fraction of sp³-hybridized carbons (Fsp3) is 1.00. The second-order valence-electron chi connectivity index (χ2n) is 11.7. The molecule has 4 rings (SSSR count). The smallest absolute Gasteiger partial charge is 0.176 e. The molecule has 4 heterocycles. The van der Waals surface area contributed by atoms with Gasteiger partial charge in [0, 0.05) is 26.2 Å². The monoisotopic (exact) mass is 658 g/mol. The Morgan fingerprint density at radius 1 is 0.400 bits per heavy atom. The largest absolute Gasteiger partial charge is 0.388 e. The van der Waals surface area contributed by atoms with Crippen LogP contribution in [0.5, 0.6) is 0 Å². The maximum absolute atomic E-state index is 11.2. The van der Waals surface area contributed by atoms with Gasteiger partial charge in [-0.2, -0.15) is 0 Å². The van der Waals surface area contributed by atoms with Gasteiger partial charge < -0.3 is 110 Å². The third-order valence-electron chi connectivity index (χ3n) is 8.73. The van der Waals surface area contributed by atoms with Crippen LogP contribution in [0.2, 0.25) is 0 Å². The zero-order valence-corrected chi connectivity index (χ0v) is 24.5.